The summed E-state index contributed by atoms with van der Waals surface area (Å²) >= 11 is 0. The first kappa shape index (κ1) is 13.4. The molecule has 0 aromatic carbocycles. The van der Waals surface area contributed by atoms with Crippen LogP contribution >= 0.6 is 0 Å². The van der Waals surface area contributed by atoms with Crippen molar-refractivity contribution in [2.24, 2.45) is 4.66 Å². The highest BCUT2D eigenvalue weighted by molar-refractivity contribution is 6.79. The van der Waals surface area contributed by atoms with E-state index in [2.05, 4.69) is 38.5 Å². The van der Waals surface area contributed by atoms with Crippen LogP contribution in [0.15, 0.2) is 4.66 Å². The summed E-state index contributed by atoms with van der Waals surface area (Å²) in [6.45, 7) is 12.9. The molecule has 0 aromatic rings. The highest BCUT2D eigenvalue weighted by atomic mass is 28.3. The molecule has 0 atom stereocenters. The zero-order valence-corrected chi connectivity index (χ0v) is 11.0. The van der Waals surface area contributed by atoms with Crippen molar-refractivity contribution < 1.29 is 9.53 Å². The molecule has 4 heteroatoms. The molecule has 0 heterocycles. The van der Waals surface area contributed by atoms with Crippen LogP contribution in [0.1, 0.15) is 27.7 Å². The van der Waals surface area contributed by atoms with E-state index >= 15 is 0 Å². The zero-order valence-electron chi connectivity index (χ0n) is 10.0. The van der Waals surface area contributed by atoms with E-state index < -0.39 is 8.24 Å². The van der Waals surface area contributed by atoms with Crippen LogP contribution in [0.25, 0.3) is 0 Å². The molecular formula is C10H21NO2Si. The van der Waals surface area contributed by atoms with Crippen molar-refractivity contribution >= 4 is 20.4 Å². The van der Waals surface area contributed by atoms with Crippen LogP contribution in [0.2, 0.25) is 18.1 Å². The highest BCUT2D eigenvalue weighted by Gasteiger charge is 2.35. The molecule has 0 aliphatic heterocycles. The third-order valence-corrected chi connectivity index (χ3v) is 7.06. The Morgan fingerprint density at radius 1 is 1.43 bits per heavy atom. The molecule has 0 radical (unpaired) electrons. The van der Waals surface area contributed by atoms with Gasteiger partial charge in [0.25, 0.3) is 0 Å². The lowest BCUT2D eigenvalue weighted by molar-refractivity contribution is -0.134. The Hall–Kier alpha value is -0.643. The summed E-state index contributed by atoms with van der Waals surface area (Å²) in [5.74, 6) is -0.336. The fraction of sp³-hybridized carbons (Fsp3) is 0.800. The van der Waals surface area contributed by atoms with Crippen molar-refractivity contribution in [1.82, 2.24) is 0 Å². The van der Waals surface area contributed by atoms with Crippen LogP contribution in [0.5, 0.6) is 0 Å². The van der Waals surface area contributed by atoms with E-state index in [4.69, 9.17) is 4.74 Å². The van der Waals surface area contributed by atoms with Crippen molar-refractivity contribution in [2.75, 3.05) is 6.61 Å². The van der Waals surface area contributed by atoms with Crippen LogP contribution in [0.4, 0.5) is 0 Å². The summed E-state index contributed by atoms with van der Waals surface area (Å²) < 4.78 is 9.17. The van der Waals surface area contributed by atoms with Gasteiger partial charge in [0.15, 0.2) is 8.24 Å². The zero-order chi connectivity index (χ0) is 11.4. The second-order valence-electron chi connectivity index (χ2n) is 4.82. The monoisotopic (exact) mass is 215 g/mol. The normalized spacial score (nSPS) is 13.3. The van der Waals surface area contributed by atoms with E-state index in [0.29, 0.717) is 6.61 Å². The minimum absolute atomic E-state index is 0.163. The third kappa shape index (κ3) is 4.04. The summed E-state index contributed by atoms with van der Waals surface area (Å²) in [6, 6.07) is 0. The first-order valence-electron chi connectivity index (χ1n) is 4.92. The maximum absolute atomic E-state index is 11.1. The molecule has 0 unspecified atom stereocenters. The lowest BCUT2D eigenvalue weighted by atomic mass is 10.2. The van der Waals surface area contributed by atoms with E-state index in [1.165, 1.54) is 6.21 Å². The summed E-state index contributed by atoms with van der Waals surface area (Å²) in [4.78, 5) is 11.1. The van der Waals surface area contributed by atoms with Gasteiger partial charge in [0.05, 0.1) is 12.8 Å². The third-order valence-electron chi connectivity index (χ3n) is 2.61. The quantitative estimate of drug-likeness (QED) is 0.412. The molecule has 0 bridgehead atoms. The molecule has 0 aliphatic rings. The molecule has 0 aromatic heterocycles. The number of rotatable bonds is 3. The fourth-order valence-corrected chi connectivity index (χ4v) is 1.40. The number of esters is 1. The average molecular weight is 215 g/mol. The van der Waals surface area contributed by atoms with Gasteiger partial charge in [0.2, 0.25) is 0 Å². The topological polar surface area (TPSA) is 38.7 Å². The van der Waals surface area contributed by atoms with E-state index in [1.54, 1.807) is 6.92 Å². The minimum atomic E-state index is -1.73. The molecule has 0 amide bonds. The van der Waals surface area contributed by atoms with Crippen LogP contribution in [0, 0.1) is 0 Å². The van der Waals surface area contributed by atoms with Gasteiger partial charge in [-0.1, -0.05) is 20.8 Å². The first-order valence-corrected chi connectivity index (χ1v) is 7.87. The number of nitrogens with zero attached hydrogens (tertiary/aromatic N) is 1. The fourth-order valence-electron chi connectivity index (χ4n) is 0.587. The number of hydrogen-bond acceptors (Lipinski definition) is 3. The van der Waals surface area contributed by atoms with Gasteiger partial charge in [0, 0.05) is 0 Å². The van der Waals surface area contributed by atoms with E-state index in [1.807, 2.05) is 0 Å². The average Bonchev–Trinajstić information content (AvgIpc) is 1.99. The van der Waals surface area contributed by atoms with Crippen molar-refractivity contribution in [3.05, 3.63) is 0 Å². The van der Waals surface area contributed by atoms with Gasteiger partial charge in [-0.2, -0.15) is 0 Å². The predicted octanol–water partition coefficient (Wildman–Crippen LogP) is 2.63. The smallest absolute Gasteiger partial charge is 0.347 e. The van der Waals surface area contributed by atoms with Gasteiger partial charge < -0.3 is 9.39 Å². The van der Waals surface area contributed by atoms with Gasteiger partial charge in [0.1, 0.15) is 0 Å². The molecule has 0 aliphatic carbocycles. The minimum Gasteiger partial charge on any atom is -0.462 e. The summed E-state index contributed by atoms with van der Waals surface area (Å²) in [7, 11) is -1.73. The Bertz CT molecular complexity index is 229. The number of carbonyl (C=O) groups excluding carboxylic acids is 1. The molecule has 0 fully saturated rings. The second-order valence-corrected chi connectivity index (χ2v) is 9.70. The van der Waals surface area contributed by atoms with E-state index in [-0.39, 0.29) is 11.0 Å². The lowest BCUT2D eigenvalue weighted by Crippen LogP contribution is -2.35. The molecule has 3 nitrogen and oxygen atoms in total. The van der Waals surface area contributed by atoms with E-state index in [9.17, 15) is 4.79 Å². The number of hydrogen-bond donors (Lipinski definition) is 0. The van der Waals surface area contributed by atoms with Crippen molar-refractivity contribution in [1.29, 1.82) is 0 Å². The Labute approximate surface area is 87.7 Å². The predicted molar refractivity (Wildman–Crippen MR) is 62.3 cm³/mol. The number of carbonyl (C=O) groups is 1. The van der Waals surface area contributed by atoms with Gasteiger partial charge in [-0.25, -0.2) is 4.79 Å². The van der Waals surface area contributed by atoms with Gasteiger partial charge in [-0.3, -0.25) is 0 Å². The Kier molecular flexibility index (Phi) is 4.51. The van der Waals surface area contributed by atoms with Crippen LogP contribution < -0.4 is 0 Å². The molecule has 0 rings (SSSR count). The largest absolute Gasteiger partial charge is 0.462 e. The molecule has 82 valence electrons. The van der Waals surface area contributed by atoms with Gasteiger partial charge >= 0.3 is 5.97 Å². The number of ether oxygens (including phenoxy) is 1. The first-order chi connectivity index (χ1) is 6.20. The van der Waals surface area contributed by atoms with Crippen molar-refractivity contribution in [3.63, 3.8) is 0 Å². The van der Waals surface area contributed by atoms with Crippen LogP contribution in [-0.4, -0.2) is 27.0 Å². The highest BCUT2D eigenvalue weighted by Crippen LogP contribution is 2.36. The molecule has 0 spiro atoms. The Morgan fingerprint density at radius 3 is 2.29 bits per heavy atom. The Balaban J connectivity index is 4.43. The van der Waals surface area contributed by atoms with Crippen LogP contribution in [-0.2, 0) is 9.53 Å². The maximum Gasteiger partial charge on any atom is 0.347 e. The summed E-state index contributed by atoms with van der Waals surface area (Å²) in [5, 5.41) is 0.163. The van der Waals surface area contributed by atoms with Crippen molar-refractivity contribution in [3.8, 4) is 0 Å². The maximum atomic E-state index is 11.1. The summed E-state index contributed by atoms with van der Waals surface area (Å²) in [5.41, 5.74) is 0. The molecule has 0 saturated heterocycles. The lowest BCUT2D eigenvalue weighted by Gasteiger charge is -2.32. The molecule has 14 heavy (non-hydrogen) atoms. The second kappa shape index (κ2) is 4.73. The molecule has 0 saturated carbocycles. The van der Waals surface area contributed by atoms with Gasteiger partial charge in [-0.15, -0.1) is 0 Å². The van der Waals surface area contributed by atoms with Gasteiger partial charge in [-0.05, 0) is 25.1 Å². The van der Waals surface area contributed by atoms with E-state index in [0.717, 1.165) is 0 Å². The summed E-state index contributed by atoms with van der Waals surface area (Å²) in [6.07, 6.45) is 1.33. The van der Waals surface area contributed by atoms with Crippen molar-refractivity contribution in [2.45, 2.75) is 45.8 Å². The Morgan fingerprint density at radius 2 is 1.93 bits per heavy atom. The molecule has 0 N–H and O–H groups in total. The SMILES string of the molecule is CCOC(=O)/C=N/[Si](C)(C)C(C)(C)C. The standard InChI is InChI=1S/C10H21NO2Si/c1-7-13-9(12)8-11-14(5,6)10(2,3)4/h8H,7H2,1-6H3/b11-8+. The molecular weight excluding hydrogens is 194 g/mol. The van der Waals surface area contributed by atoms with Crippen LogP contribution in [0.3, 0.4) is 0 Å².